The number of benzene rings is 1. The zero-order chi connectivity index (χ0) is 15.3. The van der Waals surface area contributed by atoms with Crippen molar-refractivity contribution in [2.75, 3.05) is 14.1 Å². The maximum atomic E-state index is 11.1. The number of nitrogens with zero attached hydrogens (tertiary/aromatic N) is 1. The number of rotatable bonds is 5. The third kappa shape index (κ3) is 6.60. The Morgan fingerprint density at radius 1 is 1.10 bits per heavy atom. The summed E-state index contributed by atoms with van der Waals surface area (Å²) in [7, 11) is 4.01. The predicted octanol–water partition coefficient (Wildman–Crippen LogP) is 2.45. The number of hydrogen-bond acceptors (Lipinski definition) is 5. The smallest absolute Gasteiger partial charge is 0.308 e. The van der Waals surface area contributed by atoms with E-state index in [0.717, 1.165) is 12.0 Å². The van der Waals surface area contributed by atoms with E-state index in [4.69, 9.17) is 9.47 Å². The molecule has 0 saturated carbocycles. The molecular formula is C15H22ClNO4. The monoisotopic (exact) mass is 315 g/mol. The molecule has 1 rings (SSSR count). The van der Waals surface area contributed by atoms with E-state index < -0.39 is 11.9 Å². The van der Waals surface area contributed by atoms with Gasteiger partial charge in [0, 0.05) is 19.9 Å². The molecule has 0 aromatic heterocycles. The second kappa shape index (κ2) is 8.64. The molecule has 0 amide bonds. The van der Waals surface area contributed by atoms with Crippen molar-refractivity contribution in [3.63, 3.8) is 0 Å². The minimum Gasteiger partial charge on any atom is -0.423 e. The summed E-state index contributed by atoms with van der Waals surface area (Å²) in [4.78, 5) is 24.3. The molecule has 0 aliphatic heterocycles. The molecule has 0 aliphatic carbocycles. The lowest BCUT2D eigenvalue weighted by Crippen LogP contribution is -2.26. The maximum absolute atomic E-state index is 11.1. The van der Waals surface area contributed by atoms with Crippen molar-refractivity contribution < 1.29 is 19.1 Å². The van der Waals surface area contributed by atoms with Crippen LogP contribution in [0.2, 0.25) is 0 Å². The summed E-state index contributed by atoms with van der Waals surface area (Å²) < 4.78 is 10.1. The standard InChI is InChI=1S/C15H21NO4.ClH/c1-10(16(4)5)8-13-6-7-14(19-11(2)17)15(9-13)20-12(3)18;/h6-7,9-10H,8H2,1-5H3;1H. The quantitative estimate of drug-likeness (QED) is 0.617. The molecule has 0 heterocycles. The summed E-state index contributed by atoms with van der Waals surface area (Å²) in [5, 5.41) is 0. The SMILES string of the molecule is CC(=O)Oc1ccc(CC(C)N(C)C)cc1OC(C)=O.Cl. The fraction of sp³-hybridized carbons (Fsp3) is 0.467. The molecule has 21 heavy (non-hydrogen) atoms. The highest BCUT2D eigenvalue weighted by molar-refractivity contribution is 5.85. The van der Waals surface area contributed by atoms with Crippen LogP contribution in [0, 0.1) is 0 Å². The fourth-order valence-electron chi connectivity index (χ4n) is 1.68. The summed E-state index contributed by atoms with van der Waals surface area (Å²) >= 11 is 0. The summed E-state index contributed by atoms with van der Waals surface area (Å²) in [6.07, 6.45) is 0.807. The number of halogens is 1. The van der Waals surface area contributed by atoms with E-state index in [-0.39, 0.29) is 23.9 Å². The van der Waals surface area contributed by atoms with Crippen LogP contribution < -0.4 is 9.47 Å². The Labute approximate surface area is 131 Å². The second-order valence-electron chi connectivity index (χ2n) is 4.99. The van der Waals surface area contributed by atoms with Crippen LogP contribution in [-0.4, -0.2) is 37.0 Å². The van der Waals surface area contributed by atoms with E-state index >= 15 is 0 Å². The molecule has 1 aromatic rings. The van der Waals surface area contributed by atoms with Crippen LogP contribution in [0.1, 0.15) is 26.3 Å². The van der Waals surface area contributed by atoms with Crippen LogP contribution in [0.15, 0.2) is 18.2 Å². The summed E-state index contributed by atoms with van der Waals surface area (Å²) in [5.74, 6) is -0.367. The lowest BCUT2D eigenvalue weighted by Gasteiger charge is -2.20. The molecule has 0 radical (unpaired) electrons. The van der Waals surface area contributed by atoms with Gasteiger partial charge in [-0.3, -0.25) is 9.59 Å². The summed E-state index contributed by atoms with van der Waals surface area (Å²) in [6, 6.07) is 5.60. The Kier molecular flexibility index (Phi) is 7.99. The third-order valence-electron chi connectivity index (χ3n) is 2.93. The Balaban J connectivity index is 0.00000400. The van der Waals surface area contributed by atoms with Gasteiger partial charge in [-0.1, -0.05) is 6.07 Å². The van der Waals surface area contributed by atoms with Crippen molar-refractivity contribution in [1.29, 1.82) is 0 Å². The topological polar surface area (TPSA) is 55.8 Å². The molecule has 0 fully saturated rings. The first-order chi connectivity index (χ1) is 9.29. The van der Waals surface area contributed by atoms with Gasteiger partial charge in [0.25, 0.3) is 0 Å². The van der Waals surface area contributed by atoms with E-state index in [9.17, 15) is 9.59 Å². The van der Waals surface area contributed by atoms with Crippen LogP contribution >= 0.6 is 12.4 Å². The minimum absolute atomic E-state index is 0. The molecule has 0 saturated heterocycles. The molecule has 118 valence electrons. The van der Waals surface area contributed by atoms with Crippen molar-refractivity contribution >= 4 is 24.3 Å². The van der Waals surface area contributed by atoms with Crippen molar-refractivity contribution in [2.24, 2.45) is 0 Å². The van der Waals surface area contributed by atoms with Gasteiger partial charge in [-0.15, -0.1) is 12.4 Å². The number of esters is 2. The number of carbonyl (C=O) groups is 2. The number of likely N-dealkylation sites (N-methyl/N-ethyl adjacent to an activating group) is 1. The molecule has 1 unspecified atom stereocenters. The van der Waals surface area contributed by atoms with Crippen molar-refractivity contribution in [2.45, 2.75) is 33.2 Å². The molecular weight excluding hydrogens is 294 g/mol. The summed E-state index contributed by atoms with van der Waals surface area (Å²) in [5.41, 5.74) is 1.01. The van der Waals surface area contributed by atoms with Crippen LogP contribution in [-0.2, 0) is 16.0 Å². The molecule has 0 spiro atoms. The van der Waals surface area contributed by atoms with Gasteiger partial charge in [0.15, 0.2) is 11.5 Å². The Bertz CT molecular complexity index is 502. The van der Waals surface area contributed by atoms with Gasteiger partial charge in [0.1, 0.15) is 0 Å². The molecule has 6 heteroatoms. The Morgan fingerprint density at radius 2 is 1.62 bits per heavy atom. The zero-order valence-electron chi connectivity index (χ0n) is 13.0. The van der Waals surface area contributed by atoms with Crippen LogP contribution in [0.4, 0.5) is 0 Å². The first-order valence-corrected chi connectivity index (χ1v) is 6.45. The normalized spacial score (nSPS) is 11.5. The van der Waals surface area contributed by atoms with E-state index in [1.54, 1.807) is 12.1 Å². The van der Waals surface area contributed by atoms with E-state index in [1.807, 2.05) is 20.2 Å². The van der Waals surface area contributed by atoms with Crippen molar-refractivity contribution in [3.8, 4) is 11.5 Å². The largest absolute Gasteiger partial charge is 0.423 e. The van der Waals surface area contributed by atoms with Gasteiger partial charge in [-0.05, 0) is 45.1 Å². The minimum atomic E-state index is -0.451. The average molecular weight is 316 g/mol. The van der Waals surface area contributed by atoms with Gasteiger partial charge in [-0.2, -0.15) is 0 Å². The average Bonchev–Trinajstić information content (AvgIpc) is 2.31. The van der Waals surface area contributed by atoms with E-state index in [0.29, 0.717) is 6.04 Å². The fourth-order valence-corrected chi connectivity index (χ4v) is 1.68. The van der Waals surface area contributed by atoms with Gasteiger partial charge in [-0.25, -0.2) is 0 Å². The van der Waals surface area contributed by atoms with Crippen LogP contribution in [0.3, 0.4) is 0 Å². The lowest BCUT2D eigenvalue weighted by molar-refractivity contribution is -0.134. The summed E-state index contributed by atoms with van der Waals surface area (Å²) in [6.45, 7) is 4.72. The molecule has 0 aliphatic rings. The Morgan fingerprint density at radius 3 is 2.10 bits per heavy atom. The van der Waals surface area contributed by atoms with E-state index in [2.05, 4.69) is 11.8 Å². The Hall–Kier alpha value is -1.59. The first kappa shape index (κ1) is 19.4. The van der Waals surface area contributed by atoms with Crippen molar-refractivity contribution in [3.05, 3.63) is 23.8 Å². The number of carbonyl (C=O) groups excluding carboxylic acids is 2. The van der Waals surface area contributed by atoms with Crippen molar-refractivity contribution in [1.82, 2.24) is 4.90 Å². The predicted molar refractivity (Wildman–Crippen MR) is 83.2 cm³/mol. The van der Waals surface area contributed by atoms with Crippen LogP contribution in [0.5, 0.6) is 11.5 Å². The lowest BCUT2D eigenvalue weighted by atomic mass is 10.1. The molecule has 0 N–H and O–H groups in total. The van der Waals surface area contributed by atoms with Gasteiger partial charge >= 0.3 is 11.9 Å². The maximum Gasteiger partial charge on any atom is 0.308 e. The van der Waals surface area contributed by atoms with Gasteiger partial charge < -0.3 is 14.4 Å². The van der Waals surface area contributed by atoms with E-state index in [1.165, 1.54) is 13.8 Å². The molecule has 1 aromatic carbocycles. The molecule has 1 atom stereocenters. The number of hydrogen-bond donors (Lipinski definition) is 0. The molecule has 0 bridgehead atoms. The van der Waals surface area contributed by atoms with Gasteiger partial charge in [0.05, 0.1) is 0 Å². The van der Waals surface area contributed by atoms with Crippen LogP contribution in [0.25, 0.3) is 0 Å². The second-order valence-corrected chi connectivity index (χ2v) is 4.99. The first-order valence-electron chi connectivity index (χ1n) is 6.45. The molecule has 5 nitrogen and oxygen atoms in total. The highest BCUT2D eigenvalue weighted by atomic mass is 35.5. The zero-order valence-corrected chi connectivity index (χ0v) is 13.8. The third-order valence-corrected chi connectivity index (χ3v) is 2.93. The highest BCUT2D eigenvalue weighted by Crippen LogP contribution is 2.29. The number of ether oxygens (including phenoxy) is 2. The van der Waals surface area contributed by atoms with Gasteiger partial charge in [0.2, 0.25) is 0 Å². The highest BCUT2D eigenvalue weighted by Gasteiger charge is 2.13.